The van der Waals surface area contributed by atoms with Gasteiger partial charge in [-0.2, -0.15) is 5.10 Å². The Hall–Kier alpha value is -4.00. The molecule has 0 bridgehead atoms. The lowest BCUT2D eigenvalue weighted by Gasteiger charge is -2.08. The van der Waals surface area contributed by atoms with Gasteiger partial charge >= 0.3 is 0 Å². The van der Waals surface area contributed by atoms with E-state index < -0.39 is 0 Å². The summed E-state index contributed by atoms with van der Waals surface area (Å²) in [6.45, 7) is 0.297. The quantitative estimate of drug-likeness (QED) is 0.515. The van der Waals surface area contributed by atoms with Crippen LogP contribution in [0.15, 0.2) is 79.1 Å². The molecule has 4 aromatic rings. The average molecular weight is 388 g/mol. The van der Waals surface area contributed by atoms with Gasteiger partial charge in [-0.1, -0.05) is 42.5 Å². The Bertz CT molecular complexity index is 1110. The van der Waals surface area contributed by atoms with Crippen molar-refractivity contribution in [3.05, 3.63) is 96.1 Å². The summed E-state index contributed by atoms with van der Waals surface area (Å²) in [6, 6.07) is 18.8. The Kier molecular flexibility index (Phi) is 5.29. The zero-order valence-corrected chi connectivity index (χ0v) is 15.3. The third-order valence-electron chi connectivity index (χ3n) is 4.22. The molecule has 6 nitrogen and oxygen atoms in total. The molecule has 2 aromatic heterocycles. The number of carbonyl (C=O) groups is 1. The number of nitrogens with one attached hydrogen (secondary N) is 2. The van der Waals surface area contributed by atoms with Gasteiger partial charge in [-0.25, -0.2) is 9.37 Å². The maximum Gasteiger partial charge on any atom is 0.255 e. The first-order valence-corrected chi connectivity index (χ1v) is 8.94. The molecule has 2 aromatic carbocycles. The second kappa shape index (κ2) is 8.35. The van der Waals surface area contributed by atoms with Gasteiger partial charge in [0, 0.05) is 30.4 Å². The number of amides is 1. The van der Waals surface area contributed by atoms with Gasteiger partial charge in [0.05, 0.1) is 17.5 Å². The average Bonchev–Trinajstić information content (AvgIpc) is 3.24. The van der Waals surface area contributed by atoms with Crippen molar-refractivity contribution >= 4 is 5.91 Å². The molecular weight excluding hydrogens is 371 g/mol. The van der Waals surface area contributed by atoms with E-state index in [4.69, 9.17) is 4.74 Å². The van der Waals surface area contributed by atoms with Crippen LogP contribution in [0.25, 0.3) is 11.3 Å². The molecule has 1 amide bonds. The number of nitrogens with zero attached hydrogens (tertiary/aromatic N) is 2. The zero-order valence-electron chi connectivity index (χ0n) is 15.3. The molecule has 0 radical (unpaired) electrons. The van der Waals surface area contributed by atoms with E-state index >= 15 is 0 Å². The maximum atomic E-state index is 13.2. The molecule has 0 fully saturated rings. The number of benzene rings is 2. The van der Waals surface area contributed by atoms with Crippen molar-refractivity contribution in [3.63, 3.8) is 0 Å². The molecule has 0 aliphatic rings. The molecule has 0 atom stereocenters. The van der Waals surface area contributed by atoms with Crippen molar-refractivity contribution in [2.24, 2.45) is 0 Å². The fourth-order valence-corrected chi connectivity index (χ4v) is 2.79. The Morgan fingerprint density at radius 2 is 1.90 bits per heavy atom. The van der Waals surface area contributed by atoms with Gasteiger partial charge in [0.2, 0.25) is 5.88 Å². The lowest BCUT2D eigenvalue weighted by atomic mass is 10.1. The smallest absolute Gasteiger partial charge is 0.255 e. The van der Waals surface area contributed by atoms with Gasteiger partial charge in [0.15, 0.2) is 0 Å². The van der Waals surface area contributed by atoms with Crippen LogP contribution in [0.2, 0.25) is 0 Å². The van der Waals surface area contributed by atoms with Crippen LogP contribution in [0.3, 0.4) is 0 Å². The summed E-state index contributed by atoms with van der Waals surface area (Å²) >= 11 is 0. The van der Waals surface area contributed by atoms with Crippen LogP contribution in [-0.4, -0.2) is 21.1 Å². The lowest BCUT2D eigenvalue weighted by molar-refractivity contribution is 0.0951. The minimum absolute atomic E-state index is 0.238. The fourth-order valence-electron chi connectivity index (χ4n) is 2.79. The molecule has 0 aliphatic heterocycles. The summed E-state index contributed by atoms with van der Waals surface area (Å²) in [5.41, 5.74) is 2.82. The number of aromatic amines is 1. The molecule has 0 unspecified atom stereocenters. The summed E-state index contributed by atoms with van der Waals surface area (Å²) in [5.74, 6) is 0.0902. The molecule has 7 heteroatoms. The summed E-state index contributed by atoms with van der Waals surface area (Å²) in [4.78, 5) is 16.8. The fraction of sp³-hybridized carbons (Fsp3) is 0.0455. The second-order valence-electron chi connectivity index (χ2n) is 6.27. The van der Waals surface area contributed by atoms with Gasteiger partial charge in [0.25, 0.3) is 5.91 Å². The third kappa shape index (κ3) is 4.47. The van der Waals surface area contributed by atoms with E-state index in [1.165, 1.54) is 18.3 Å². The molecule has 0 aliphatic carbocycles. The summed E-state index contributed by atoms with van der Waals surface area (Å²) in [5, 5.41) is 9.72. The standard InChI is InChI=1S/C22H17FN4O2/c23-17-7-4-8-18(11-17)29-20-10-9-15(12-24-20)13-25-22(28)19-14-26-27-21(19)16-5-2-1-3-6-16/h1-12,14H,13H2,(H,25,28)(H,26,27). The number of ether oxygens (including phenoxy) is 1. The predicted octanol–water partition coefficient (Wildman–Crippen LogP) is 4.33. The molecule has 0 saturated heterocycles. The summed E-state index contributed by atoms with van der Waals surface area (Å²) in [6.07, 6.45) is 3.11. The van der Waals surface area contributed by atoms with Crippen molar-refractivity contribution < 1.29 is 13.9 Å². The van der Waals surface area contributed by atoms with Crippen molar-refractivity contribution in [3.8, 4) is 22.9 Å². The molecular formula is C22H17FN4O2. The number of hydrogen-bond donors (Lipinski definition) is 2. The largest absolute Gasteiger partial charge is 0.439 e. The van der Waals surface area contributed by atoms with Crippen LogP contribution in [0.4, 0.5) is 4.39 Å². The molecule has 4 rings (SSSR count). The van der Waals surface area contributed by atoms with E-state index in [1.54, 1.807) is 30.5 Å². The Morgan fingerprint density at radius 1 is 1.03 bits per heavy atom. The van der Waals surface area contributed by atoms with Gasteiger partial charge < -0.3 is 10.1 Å². The maximum absolute atomic E-state index is 13.2. The van der Waals surface area contributed by atoms with E-state index in [9.17, 15) is 9.18 Å². The highest BCUT2D eigenvalue weighted by atomic mass is 19.1. The molecule has 0 saturated carbocycles. The lowest BCUT2D eigenvalue weighted by Crippen LogP contribution is -2.23. The van der Waals surface area contributed by atoms with Gasteiger partial charge in [-0.05, 0) is 17.7 Å². The highest BCUT2D eigenvalue weighted by molar-refractivity contribution is 5.99. The van der Waals surface area contributed by atoms with E-state index in [-0.39, 0.29) is 11.7 Å². The van der Waals surface area contributed by atoms with Crippen LogP contribution in [-0.2, 0) is 6.54 Å². The third-order valence-corrected chi connectivity index (χ3v) is 4.22. The molecule has 2 N–H and O–H groups in total. The first-order chi connectivity index (χ1) is 14.2. The predicted molar refractivity (Wildman–Crippen MR) is 106 cm³/mol. The van der Waals surface area contributed by atoms with E-state index in [0.717, 1.165) is 11.1 Å². The first-order valence-electron chi connectivity index (χ1n) is 8.94. The number of aromatic nitrogens is 3. The molecule has 29 heavy (non-hydrogen) atoms. The van der Waals surface area contributed by atoms with Crippen LogP contribution in [0.1, 0.15) is 15.9 Å². The topological polar surface area (TPSA) is 79.9 Å². The van der Waals surface area contributed by atoms with Crippen LogP contribution in [0, 0.1) is 5.82 Å². The van der Waals surface area contributed by atoms with Crippen molar-refractivity contribution in [2.75, 3.05) is 0 Å². The Labute approximate surface area is 166 Å². The van der Waals surface area contributed by atoms with Crippen molar-refractivity contribution in [2.45, 2.75) is 6.54 Å². The number of rotatable bonds is 6. The number of halogens is 1. The zero-order chi connectivity index (χ0) is 20.1. The normalized spacial score (nSPS) is 10.5. The van der Waals surface area contributed by atoms with E-state index in [0.29, 0.717) is 29.4 Å². The van der Waals surface area contributed by atoms with E-state index in [1.807, 2.05) is 30.3 Å². The van der Waals surface area contributed by atoms with Crippen molar-refractivity contribution in [1.29, 1.82) is 0 Å². The highest BCUT2D eigenvalue weighted by Gasteiger charge is 2.15. The first kappa shape index (κ1) is 18.4. The highest BCUT2D eigenvalue weighted by Crippen LogP contribution is 2.21. The van der Waals surface area contributed by atoms with Crippen LogP contribution >= 0.6 is 0 Å². The summed E-state index contributed by atoms with van der Waals surface area (Å²) in [7, 11) is 0. The Balaban J connectivity index is 1.38. The van der Waals surface area contributed by atoms with E-state index in [2.05, 4.69) is 20.5 Å². The number of pyridine rings is 1. The van der Waals surface area contributed by atoms with Gasteiger partial charge in [-0.3, -0.25) is 9.89 Å². The monoisotopic (exact) mass is 388 g/mol. The minimum atomic E-state index is -0.379. The molecule has 2 heterocycles. The number of hydrogen-bond acceptors (Lipinski definition) is 4. The number of H-pyrrole nitrogens is 1. The number of carbonyl (C=O) groups excluding carboxylic acids is 1. The molecule has 0 spiro atoms. The van der Waals surface area contributed by atoms with Gasteiger partial charge in [0.1, 0.15) is 11.6 Å². The van der Waals surface area contributed by atoms with Crippen LogP contribution < -0.4 is 10.1 Å². The van der Waals surface area contributed by atoms with Crippen molar-refractivity contribution in [1.82, 2.24) is 20.5 Å². The molecule has 144 valence electrons. The minimum Gasteiger partial charge on any atom is -0.439 e. The van der Waals surface area contributed by atoms with Crippen LogP contribution in [0.5, 0.6) is 11.6 Å². The SMILES string of the molecule is O=C(NCc1ccc(Oc2cccc(F)c2)nc1)c1cn[nH]c1-c1ccccc1. The second-order valence-corrected chi connectivity index (χ2v) is 6.27. The van der Waals surface area contributed by atoms with Gasteiger partial charge in [-0.15, -0.1) is 0 Å². The summed E-state index contributed by atoms with van der Waals surface area (Å²) < 4.78 is 18.7. The Morgan fingerprint density at radius 3 is 2.66 bits per heavy atom.